The maximum Gasteiger partial charge on any atom is 0.277 e. The summed E-state index contributed by atoms with van der Waals surface area (Å²) in [6.45, 7) is 3.15. The van der Waals surface area contributed by atoms with Crippen molar-refractivity contribution in [2.75, 3.05) is 20.3 Å². The fourth-order valence-electron chi connectivity index (χ4n) is 2.33. The molecule has 21 heavy (non-hydrogen) atoms. The van der Waals surface area contributed by atoms with Crippen LogP contribution >= 0.6 is 11.3 Å². The van der Waals surface area contributed by atoms with Crippen LogP contribution in [0.2, 0.25) is 0 Å². The largest absolute Gasteiger partial charge is 0.381 e. The van der Waals surface area contributed by atoms with Crippen molar-refractivity contribution in [1.82, 2.24) is 15.1 Å². The predicted molar refractivity (Wildman–Crippen MR) is 76.7 cm³/mol. The Bertz CT molecular complexity index is 604. The maximum atomic E-state index is 5.82. The molecule has 2 aromatic heterocycles. The zero-order valence-electron chi connectivity index (χ0n) is 12.0. The van der Waals surface area contributed by atoms with E-state index >= 15 is 0 Å². The summed E-state index contributed by atoms with van der Waals surface area (Å²) in [6, 6.07) is -0.105. The number of nitrogens with zero attached hydrogens (tertiary/aromatic N) is 3. The van der Waals surface area contributed by atoms with Crippen LogP contribution in [0.5, 0.6) is 0 Å². The predicted octanol–water partition coefficient (Wildman–Crippen LogP) is 1.86. The van der Waals surface area contributed by atoms with Crippen LogP contribution in [0, 0.1) is 0 Å². The van der Waals surface area contributed by atoms with E-state index in [0.717, 1.165) is 5.01 Å². The molecule has 1 fully saturated rings. The van der Waals surface area contributed by atoms with Crippen LogP contribution in [-0.4, -0.2) is 35.4 Å². The minimum atomic E-state index is -0.528. The first kappa shape index (κ1) is 14.6. The molecule has 1 aliphatic heterocycles. The van der Waals surface area contributed by atoms with E-state index in [9.17, 15) is 0 Å². The van der Waals surface area contributed by atoms with Crippen molar-refractivity contribution in [3.8, 4) is 11.6 Å². The SMILES string of the molecule is COC1(c2noc(-c3csc(C(C)N)n3)n2)CCOCC1. The van der Waals surface area contributed by atoms with E-state index in [-0.39, 0.29) is 6.04 Å². The lowest BCUT2D eigenvalue weighted by atomic mass is 9.93. The van der Waals surface area contributed by atoms with Crippen LogP contribution < -0.4 is 5.73 Å². The van der Waals surface area contributed by atoms with Crippen molar-refractivity contribution in [2.24, 2.45) is 5.73 Å². The van der Waals surface area contributed by atoms with Crippen LogP contribution in [0.15, 0.2) is 9.90 Å². The van der Waals surface area contributed by atoms with Gasteiger partial charge in [-0.15, -0.1) is 11.3 Å². The molecule has 7 nitrogen and oxygen atoms in total. The summed E-state index contributed by atoms with van der Waals surface area (Å²) in [5.41, 5.74) is 5.95. The first-order valence-electron chi connectivity index (χ1n) is 6.83. The lowest BCUT2D eigenvalue weighted by Crippen LogP contribution is -2.36. The van der Waals surface area contributed by atoms with Crippen molar-refractivity contribution in [2.45, 2.75) is 31.4 Å². The molecule has 0 radical (unpaired) electrons. The third kappa shape index (κ3) is 2.71. The van der Waals surface area contributed by atoms with Gasteiger partial charge in [0.15, 0.2) is 0 Å². The van der Waals surface area contributed by atoms with Gasteiger partial charge in [-0.1, -0.05) is 5.16 Å². The molecule has 3 rings (SSSR count). The average molecular weight is 310 g/mol. The Morgan fingerprint density at radius 3 is 2.76 bits per heavy atom. The topological polar surface area (TPSA) is 96.3 Å². The van der Waals surface area contributed by atoms with Gasteiger partial charge in [0.1, 0.15) is 16.3 Å². The lowest BCUT2D eigenvalue weighted by Gasteiger charge is -2.32. The summed E-state index contributed by atoms with van der Waals surface area (Å²) >= 11 is 1.49. The Labute approximate surface area is 126 Å². The first-order valence-corrected chi connectivity index (χ1v) is 7.71. The van der Waals surface area contributed by atoms with Gasteiger partial charge in [-0.3, -0.25) is 0 Å². The Hall–Kier alpha value is -1.35. The zero-order chi connectivity index (χ0) is 14.9. The van der Waals surface area contributed by atoms with E-state index in [0.29, 0.717) is 43.5 Å². The van der Waals surface area contributed by atoms with Crippen molar-refractivity contribution in [1.29, 1.82) is 0 Å². The van der Waals surface area contributed by atoms with E-state index < -0.39 is 5.60 Å². The highest BCUT2D eigenvalue weighted by atomic mass is 32.1. The molecule has 1 aliphatic rings. The molecule has 0 bridgehead atoms. The van der Waals surface area contributed by atoms with Gasteiger partial charge in [-0.05, 0) is 6.92 Å². The van der Waals surface area contributed by atoms with Gasteiger partial charge < -0.3 is 19.7 Å². The van der Waals surface area contributed by atoms with Crippen LogP contribution in [0.25, 0.3) is 11.6 Å². The summed E-state index contributed by atoms with van der Waals surface area (Å²) in [4.78, 5) is 8.88. The highest BCUT2D eigenvalue weighted by molar-refractivity contribution is 7.10. The second kappa shape index (κ2) is 5.80. The molecule has 8 heteroatoms. The molecule has 2 aromatic rings. The first-order chi connectivity index (χ1) is 10.1. The van der Waals surface area contributed by atoms with Crippen molar-refractivity contribution in [3.63, 3.8) is 0 Å². The number of hydrogen-bond donors (Lipinski definition) is 1. The fraction of sp³-hybridized carbons (Fsp3) is 0.615. The highest BCUT2D eigenvalue weighted by Crippen LogP contribution is 2.34. The minimum Gasteiger partial charge on any atom is -0.381 e. The van der Waals surface area contributed by atoms with E-state index in [1.54, 1.807) is 7.11 Å². The molecule has 0 amide bonds. The quantitative estimate of drug-likeness (QED) is 0.920. The summed E-state index contributed by atoms with van der Waals surface area (Å²) in [5.74, 6) is 0.953. The number of methoxy groups -OCH3 is 1. The average Bonchev–Trinajstić information content (AvgIpc) is 3.17. The van der Waals surface area contributed by atoms with Gasteiger partial charge in [0, 0.05) is 38.5 Å². The fourth-order valence-corrected chi connectivity index (χ4v) is 3.08. The van der Waals surface area contributed by atoms with Crippen molar-refractivity contribution < 1.29 is 14.0 Å². The number of nitrogens with two attached hydrogens (primary N) is 1. The monoisotopic (exact) mass is 310 g/mol. The third-order valence-electron chi connectivity index (χ3n) is 3.66. The Morgan fingerprint density at radius 2 is 2.14 bits per heavy atom. The van der Waals surface area contributed by atoms with Crippen LogP contribution in [0.1, 0.15) is 36.6 Å². The summed E-state index contributed by atoms with van der Waals surface area (Å²) in [5, 5.41) is 6.80. The minimum absolute atomic E-state index is 0.105. The van der Waals surface area contributed by atoms with Crippen LogP contribution in [-0.2, 0) is 15.1 Å². The Balaban J connectivity index is 1.88. The van der Waals surface area contributed by atoms with E-state index in [2.05, 4.69) is 15.1 Å². The molecule has 0 spiro atoms. The molecule has 0 aliphatic carbocycles. The molecule has 1 unspecified atom stereocenters. The van der Waals surface area contributed by atoms with E-state index in [4.69, 9.17) is 19.7 Å². The summed E-state index contributed by atoms with van der Waals surface area (Å²) in [6.07, 6.45) is 1.43. The molecule has 2 N–H and O–H groups in total. The number of aromatic nitrogens is 3. The third-order valence-corrected chi connectivity index (χ3v) is 4.70. The van der Waals surface area contributed by atoms with E-state index in [1.807, 2.05) is 12.3 Å². The molecule has 114 valence electrons. The zero-order valence-corrected chi connectivity index (χ0v) is 12.9. The van der Waals surface area contributed by atoms with Crippen LogP contribution in [0.3, 0.4) is 0 Å². The normalized spacial score (nSPS) is 19.6. The van der Waals surface area contributed by atoms with Gasteiger partial charge in [-0.2, -0.15) is 4.98 Å². The van der Waals surface area contributed by atoms with Gasteiger partial charge in [-0.25, -0.2) is 4.98 Å². The smallest absolute Gasteiger partial charge is 0.277 e. The molecular weight excluding hydrogens is 292 g/mol. The summed E-state index contributed by atoms with van der Waals surface area (Å²) < 4.78 is 16.4. The lowest BCUT2D eigenvalue weighted by molar-refractivity contribution is -0.101. The number of ether oxygens (including phenoxy) is 2. The summed E-state index contributed by atoms with van der Waals surface area (Å²) in [7, 11) is 1.67. The Kier molecular flexibility index (Phi) is 4.03. The van der Waals surface area contributed by atoms with Crippen LogP contribution in [0.4, 0.5) is 0 Å². The molecule has 0 saturated carbocycles. The number of rotatable bonds is 4. The van der Waals surface area contributed by atoms with Crippen molar-refractivity contribution in [3.05, 3.63) is 16.2 Å². The molecule has 1 saturated heterocycles. The van der Waals surface area contributed by atoms with Crippen molar-refractivity contribution >= 4 is 11.3 Å². The number of thiazole rings is 1. The Morgan fingerprint density at radius 1 is 1.38 bits per heavy atom. The molecule has 0 aromatic carbocycles. The number of hydrogen-bond acceptors (Lipinski definition) is 8. The molecule has 1 atom stereocenters. The highest BCUT2D eigenvalue weighted by Gasteiger charge is 2.39. The van der Waals surface area contributed by atoms with Gasteiger partial charge in [0.25, 0.3) is 5.89 Å². The second-order valence-electron chi connectivity index (χ2n) is 5.09. The maximum absolute atomic E-state index is 5.82. The second-order valence-corrected chi connectivity index (χ2v) is 5.98. The van der Waals surface area contributed by atoms with Gasteiger partial charge in [0.05, 0.1) is 6.04 Å². The molecular formula is C13H18N4O3S. The van der Waals surface area contributed by atoms with Gasteiger partial charge >= 0.3 is 0 Å². The standard InChI is InChI=1S/C13H18N4O3S/c1-8(14)11-15-9(7-21-11)10-16-12(17-20-10)13(18-2)3-5-19-6-4-13/h7-8H,3-6,14H2,1-2H3. The molecule has 3 heterocycles. The van der Waals surface area contributed by atoms with Gasteiger partial charge in [0.2, 0.25) is 5.82 Å². The van der Waals surface area contributed by atoms with E-state index in [1.165, 1.54) is 11.3 Å².